The lowest BCUT2D eigenvalue weighted by Crippen LogP contribution is -1.94. The standard InChI is InChI=1S/C15H17NO2S/c1-2-17-14-5-3-13(4-6-14)16-8-7-12(11-16)15-18-9-10-19-15/h3-8,11,15H,2,9-10H2,1H3/t15-/m0/s1. The first-order valence-corrected chi connectivity index (χ1v) is 7.56. The summed E-state index contributed by atoms with van der Waals surface area (Å²) in [6, 6.07) is 10.3. The van der Waals surface area contributed by atoms with Crippen LogP contribution in [0.1, 0.15) is 17.9 Å². The Balaban J connectivity index is 1.77. The molecular weight excluding hydrogens is 258 g/mol. The first-order chi connectivity index (χ1) is 9.36. The Bertz CT molecular complexity index is 529. The average molecular weight is 275 g/mol. The van der Waals surface area contributed by atoms with Gasteiger partial charge in [-0.1, -0.05) is 0 Å². The molecule has 2 aromatic rings. The van der Waals surface area contributed by atoms with Gasteiger partial charge < -0.3 is 14.0 Å². The van der Waals surface area contributed by atoms with Crippen molar-refractivity contribution in [1.29, 1.82) is 0 Å². The smallest absolute Gasteiger partial charge is 0.130 e. The molecule has 4 heteroatoms. The predicted molar refractivity (Wildman–Crippen MR) is 78.1 cm³/mol. The van der Waals surface area contributed by atoms with Crippen LogP contribution in [0.25, 0.3) is 5.69 Å². The van der Waals surface area contributed by atoms with Gasteiger partial charge in [-0.05, 0) is 37.3 Å². The van der Waals surface area contributed by atoms with Crippen molar-refractivity contribution in [1.82, 2.24) is 4.57 Å². The molecule has 0 spiro atoms. The third-order valence-electron chi connectivity index (χ3n) is 3.06. The predicted octanol–water partition coefficient (Wildman–Crippen LogP) is 3.64. The van der Waals surface area contributed by atoms with Gasteiger partial charge in [-0.15, -0.1) is 11.8 Å². The third kappa shape index (κ3) is 2.80. The lowest BCUT2D eigenvalue weighted by Gasteiger charge is -2.07. The van der Waals surface area contributed by atoms with E-state index in [-0.39, 0.29) is 5.44 Å². The van der Waals surface area contributed by atoms with Crippen LogP contribution in [0.4, 0.5) is 0 Å². The van der Waals surface area contributed by atoms with Crippen LogP contribution in [0.5, 0.6) is 5.75 Å². The molecule has 3 nitrogen and oxygen atoms in total. The van der Waals surface area contributed by atoms with Crippen molar-refractivity contribution in [2.45, 2.75) is 12.4 Å². The molecule has 0 saturated carbocycles. The normalized spacial score (nSPS) is 18.7. The monoisotopic (exact) mass is 275 g/mol. The molecule has 0 N–H and O–H groups in total. The highest BCUT2D eigenvalue weighted by Crippen LogP contribution is 2.35. The van der Waals surface area contributed by atoms with Crippen molar-refractivity contribution in [3.05, 3.63) is 48.3 Å². The highest BCUT2D eigenvalue weighted by atomic mass is 32.2. The van der Waals surface area contributed by atoms with Crippen LogP contribution in [0.15, 0.2) is 42.7 Å². The molecule has 2 heterocycles. The van der Waals surface area contributed by atoms with E-state index in [0.717, 1.165) is 23.8 Å². The van der Waals surface area contributed by atoms with Gasteiger partial charge in [0.05, 0.1) is 13.2 Å². The van der Waals surface area contributed by atoms with E-state index in [1.54, 1.807) is 0 Å². The second-order valence-corrected chi connectivity index (χ2v) is 5.52. The molecule has 0 radical (unpaired) electrons. The highest BCUT2D eigenvalue weighted by molar-refractivity contribution is 7.99. The zero-order valence-corrected chi connectivity index (χ0v) is 11.7. The summed E-state index contributed by atoms with van der Waals surface area (Å²) >= 11 is 1.86. The minimum Gasteiger partial charge on any atom is -0.494 e. The first kappa shape index (κ1) is 12.6. The lowest BCUT2D eigenvalue weighted by molar-refractivity contribution is 0.145. The van der Waals surface area contributed by atoms with E-state index in [1.165, 1.54) is 5.56 Å². The number of nitrogens with zero attached hydrogens (tertiary/aromatic N) is 1. The second-order valence-electron chi connectivity index (χ2n) is 4.35. The molecule has 0 aliphatic carbocycles. The van der Waals surface area contributed by atoms with Gasteiger partial charge in [0.2, 0.25) is 0 Å². The van der Waals surface area contributed by atoms with Crippen molar-refractivity contribution in [2.75, 3.05) is 19.0 Å². The summed E-state index contributed by atoms with van der Waals surface area (Å²) in [7, 11) is 0. The van der Waals surface area contributed by atoms with Crippen LogP contribution in [-0.4, -0.2) is 23.5 Å². The van der Waals surface area contributed by atoms with E-state index < -0.39 is 0 Å². The number of rotatable bonds is 4. The molecule has 1 fully saturated rings. The average Bonchev–Trinajstić information content (AvgIpc) is 3.11. The van der Waals surface area contributed by atoms with Gasteiger partial charge in [-0.3, -0.25) is 0 Å². The van der Waals surface area contributed by atoms with E-state index in [1.807, 2.05) is 30.8 Å². The second kappa shape index (κ2) is 5.72. The molecule has 1 aromatic heterocycles. The molecular formula is C15H17NO2S. The van der Waals surface area contributed by atoms with Gasteiger partial charge in [-0.2, -0.15) is 0 Å². The molecule has 0 bridgehead atoms. The van der Waals surface area contributed by atoms with Crippen molar-refractivity contribution in [2.24, 2.45) is 0 Å². The molecule has 1 atom stereocenters. The van der Waals surface area contributed by atoms with Gasteiger partial charge in [-0.25, -0.2) is 0 Å². The molecule has 1 aliphatic heterocycles. The van der Waals surface area contributed by atoms with Crippen LogP contribution in [-0.2, 0) is 4.74 Å². The Morgan fingerprint density at radius 2 is 2.16 bits per heavy atom. The van der Waals surface area contributed by atoms with Crippen molar-refractivity contribution < 1.29 is 9.47 Å². The molecule has 3 rings (SSSR count). The van der Waals surface area contributed by atoms with Crippen LogP contribution < -0.4 is 4.74 Å². The molecule has 1 aromatic carbocycles. The van der Waals surface area contributed by atoms with E-state index in [2.05, 4.69) is 35.2 Å². The third-order valence-corrected chi connectivity index (χ3v) is 4.17. The van der Waals surface area contributed by atoms with Crippen LogP contribution in [0, 0.1) is 0 Å². The molecule has 0 amide bonds. The van der Waals surface area contributed by atoms with E-state index in [9.17, 15) is 0 Å². The summed E-state index contributed by atoms with van der Waals surface area (Å²) in [5.74, 6) is 1.99. The lowest BCUT2D eigenvalue weighted by atomic mass is 10.3. The maximum Gasteiger partial charge on any atom is 0.130 e. The van der Waals surface area contributed by atoms with Crippen molar-refractivity contribution >= 4 is 11.8 Å². The SMILES string of the molecule is CCOc1ccc(-n2ccc([C@H]3OCCS3)c2)cc1. The maximum absolute atomic E-state index is 5.67. The number of hydrogen-bond donors (Lipinski definition) is 0. The number of hydrogen-bond acceptors (Lipinski definition) is 3. The minimum absolute atomic E-state index is 0.198. The Morgan fingerprint density at radius 1 is 1.32 bits per heavy atom. The largest absolute Gasteiger partial charge is 0.494 e. The van der Waals surface area contributed by atoms with Gasteiger partial charge in [0.15, 0.2) is 0 Å². The Kier molecular flexibility index (Phi) is 3.80. The fraction of sp³-hybridized carbons (Fsp3) is 0.333. The minimum atomic E-state index is 0.198. The van der Waals surface area contributed by atoms with Crippen molar-refractivity contribution in [3.8, 4) is 11.4 Å². The van der Waals surface area contributed by atoms with E-state index in [4.69, 9.17) is 9.47 Å². The fourth-order valence-corrected chi connectivity index (χ4v) is 3.08. The van der Waals surface area contributed by atoms with Crippen LogP contribution in [0.3, 0.4) is 0 Å². The molecule has 100 valence electrons. The summed E-state index contributed by atoms with van der Waals surface area (Å²) in [6.45, 7) is 3.54. The van der Waals surface area contributed by atoms with Crippen molar-refractivity contribution in [3.63, 3.8) is 0 Å². The zero-order chi connectivity index (χ0) is 13.1. The number of benzene rings is 1. The molecule has 19 heavy (non-hydrogen) atoms. The quantitative estimate of drug-likeness (QED) is 0.851. The van der Waals surface area contributed by atoms with Gasteiger partial charge in [0.25, 0.3) is 0 Å². The number of ether oxygens (including phenoxy) is 2. The Morgan fingerprint density at radius 3 is 2.84 bits per heavy atom. The topological polar surface area (TPSA) is 23.4 Å². The first-order valence-electron chi connectivity index (χ1n) is 6.51. The van der Waals surface area contributed by atoms with Gasteiger partial charge in [0, 0.05) is 29.4 Å². The summed E-state index contributed by atoms with van der Waals surface area (Å²) in [5.41, 5.74) is 2.57. The van der Waals surface area contributed by atoms with Gasteiger partial charge in [0.1, 0.15) is 11.2 Å². The zero-order valence-electron chi connectivity index (χ0n) is 10.9. The summed E-state index contributed by atoms with van der Waals surface area (Å²) in [4.78, 5) is 0. The molecule has 0 unspecified atom stereocenters. The Labute approximate surface area is 117 Å². The summed E-state index contributed by atoms with van der Waals surface area (Å²) in [6.07, 6.45) is 4.21. The number of thioether (sulfide) groups is 1. The van der Waals surface area contributed by atoms with Gasteiger partial charge >= 0.3 is 0 Å². The summed E-state index contributed by atoms with van der Waals surface area (Å²) < 4.78 is 13.2. The van der Waals surface area contributed by atoms with Crippen LogP contribution >= 0.6 is 11.8 Å². The van der Waals surface area contributed by atoms with E-state index in [0.29, 0.717) is 6.61 Å². The van der Waals surface area contributed by atoms with Crippen LogP contribution in [0.2, 0.25) is 0 Å². The summed E-state index contributed by atoms with van der Waals surface area (Å²) in [5, 5.41) is 0. The molecule has 1 saturated heterocycles. The van der Waals surface area contributed by atoms with E-state index >= 15 is 0 Å². The highest BCUT2D eigenvalue weighted by Gasteiger charge is 2.19. The Hall–Kier alpha value is -1.39. The fourth-order valence-electron chi connectivity index (χ4n) is 2.15. The maximum atomic E-state index is 5.67. The number of aromatic nitrogens is 1. The molecule has 1 aliphatic rings.